The lowest BCUT2D eigenvalue weighted by Gasteiger charge is -2.05. The SMILES string of the molecule is FC(F)(Cl)c1ccc(Cl)nc1. The van der Waals surface area contributed by atoms with Crippen LogP contribution in [0.2, 0.25) is 5.15 Å². The van der Waals surface area contributed by atoms with E-state index in [-0.39, 0.29) is 10.7 Å². The number of rotatable bonds is 1. The van der Waals surface area contributed by atoms with E-state index in [0.29, 0.717) is 0 Å². The summed E-state index contributed by atoms with van der Waals surface area (Å²) in [4.78, 5) is 3.45. The van der Waals surface area contributed by atoms with Crippen molar-refractivity contribution in [2.75, 3.05) is 0 Å². The lowest BCUT2D eigenvalue weighted by atomic mass is 10.3. The molecular weight excluding hydrogens is 195 g/mol. The van der Waals surface area contributed by atoms with Crippen LogP contribution in [0, 0.1) is 0 Å². The maximum atomic E-state index is 12.3. The van der Waals surface area contributed by atoms with E-state index >= 15 is 0 Å². The molecular formula is C6H3Cl2F2N. The zero-order chi connectivity index (χ0) is 8.48. The van der Waals surface area contributed by atoms with Crippen molar-refractivity contribution in [2.45, 2.75) is 5.38 Å². The van der Waals surface area contributed by atoms with Crippen molar-refractivity contribution in [3.8, 4) is 0 Å². The first-order chi connectivity index (χ1) is 5.00. The van der Waals surface area contributed by atoms with Crippen LogP contribution >= 0.6 is 23.2 Å². The molecule has 1 aromatic heterocycles. The normalized spacial score (nSPS) is 11.6. The maximum Gasteiger partial charge on any atom is 0.349 e. The fraction of sp³-hybridized carbons (Fsp3) is 0.167. The predicted octanol–water partition coefficient (Wildman–Crippen LogP) is 3.02. The summed E-state index contributed by atoms with van der Waals surface area (Å²) in [6.07, 6.45) is 0.940. The average molecular weight is 198 g/mol. The molecule has 1 rings (SSSR count). The number of halogens is 4. The molecule has 0 unspecified atom stereocenters. The summed E-state index contributed by atoms with van der Waals surface area (Å²) in [5.74, 6) is 0. The molecule has 0 aliphatic rings. The highest BCUT2D eigenvalue weighted by molar-refractivity contribution is 6.29. The lowest BCUT2D eigenvalue weighted by molar-refractivity contribution is 0.0947. The van der Waals surface area contributed by atoms with Crippen LogP contribution in [-0.4, -0.2) is 4.98 Å². The topological polar surface area (TPSA) is 12.9 Å². The smallest absolute Gasteiger partial charge is 0.244 e. The highest BCUT2D eigenvalue weighted by Crippen LogP contribution is 2.31. The summed E-state index contributed by atoms with van der Waals surface area (Å²) >= 11 is 10.1. The summed E-state index contributed by atoms with van der Waals surface area (Å²) in [5.41, 5.74) is -0.358. The first-order valence-corrected chi connectivity index (χ1v) is 3.44. The quantitative estimate of drug-likeness (QED) is 0.499. The van der Waals surface area contributed by atoms with Crippen molar-refractivity contribution in [1.29, 1.82) is 0 Å². The standard InChI is InChI=1S/C6H3Cl2F2N/c7-5-2-1-4(3-11-5)6(8,9)10/h1-3H. The first kappa shape index (κ1) is 8.68. The van der Waals surface area contributed by atoms with Crippen LogP contribution in [0.5, 0.6) is 0 Å². The van der Waals surface area contributed by atoms with Crippen molar-refractivity contribution in [3.05, 3.63) is 29.0 Å². The molecule has 1 heterocycles. The van der Waals surface area contributed by atoms with Crippen molar-refractivity contribution >= 4 is 23.2 Å². The van der Waals surface area contributed by atoms with Gasteiger partial charge in [-0.1, -0.05) is 11.6 Å². The van der Waals surface area contributed by atoms with Crippen molar-refractivity contribution in [3.63, 3.8) is 0 Å². The molecule has 0 bridgehead atoms. The summed E-state index contributed by atoms with van der Waals surface area (Å²) in [6.45, 7) is 0. The van der Waals surface area contributed by atoms with E-state index in [1.807, 2.05) is 0 Å². The first-order valence-electron chi connectivity index (χ1n) is 2.69. The van der Waals surface area contributed by atoms with Crippen molar-refractivity contribution < 1.29 is 8.78 Å². The van der Waals surface area contributed by atoms with Crippen molar-refractivity contribution in [1.82, 2.24) is 4.98 Å². The van der Waals surface area contributed by atoms with E-state index in [1.54, 1.807) is 0 Å². The minimum atomic E-state index is -3.36. The molecule has 0 atom stereocenters. The van der Waals surface area contributed by atoms with Crippen LogP contribution in [0.25, 0.3) is 0 Å². The maximum absolute atomic E-state index is 12.3. The van der Waals surface area contributed by atoms with Gasteiger partial charge in [-0.2, -0.15) is 8.78 Å². The Kier molecular flexibility index (Phi) is 2.30. The fourth-order valence-corrected chi connectivity index (χ4v) is 0.767. The Labute approximate surface area is 72.0 Å². The Balaban J connectivity index is 2.99. The van der Waals surface area contributed by atoms with E-state index < -0.39 is 5.38 Å². The zero-order valence-corrected chi connectivity index (χ0v) is 6.70. The third-order valence-corrected chi connectivity index (χ3v) is 1.50. The lowest BCUT2D eigenvalue weighted by Crippen LogP contribution is -2.02. The predicted molar refractivity (Wildman–Crippen MR) is 39.0 cm³/mol. The zero-order valence-electron chi connectivity index (χ0n) is 5.19. The molecule has 0 saturated heterocycles. The van der Waals surface area contributed by atoms with Gasteiger partial charge in [0.2, 0.25) is 0 Å². The molecule has 0 aliphatic carbocycles. The van der Waals surface area contributed by atoms with Crippen LogP contribution in [0.1, 0.15) is 5.56 Å². The van der Waals surface area contributed by atoms with Gasteiger partial charge in [0.1, 0.15) is 5.15 Å². The van der Waals surface area contributed by atoms with Gasteiger partial charge in [0, 0.05) is 6.20 Å². The third-order valence-electron chi connectivity index (χ3n) is 1.05. The van der Waals surface area contributed by atoms with Gasteiger partial charge in [-0.15, -0.1) is 0 Å². The van der Waals surface area contributed by atoms with Crippen LogP contribution in [0.3, 0.4) is 0 Å². The fourth-order valence-electron chi connectivity index (χ4n) is 0.544. The summed E-state index contributed by atoms with van der Waals surface area (Å²) in [7, 11) is 0. The highest BCUT2D eigenvalue weighted by Gasteiger charge is 2.27. The second-order valence-electron chi connectivity index (χ2n) is 1.87. The molecule has 0 radical (unpaired) electrons. The number of alkyl halides is 3. The molecule has 11 heavy (non-hydrogen) atoms. The molecule has 0 N–H and O–H groups in total. The largest absolute Gasteiger partial charge is 0.349 e. The summed E-state index contributed by atoms with van der Waals surface area (Å²) in [5, 5.41) is -3.20. The number of hydrogen-bond donors (Lipinski definition) is 0. The van der Waals surface area contributed by atoms with Gasteiger partial charge in [-0.3, -0.25) is 0 Å². The van der Waals surface area contributed by atoms with E-state index in [9.17, 15) is 8.78 Å². The van der Waals surface area contributed by atoms with Gasteiger partial charge in [0.25, 0.3) is 0 Å². The van der Waals surface area contributed by atoms with Gasteiger partial charge in [0.15, 0.2) is 0 Å². The molecule has 1 nitrogen and oxygen atoms in total. The molecule has 5 heteroatoms. The molecule has 0 fully saturated rings. The molecule has 0 spiro atoms. The molecule has 0 aromatic carbocycles. The van der Waals surface area contributed by atoms with E-state index in [0.717, 1.165) is 12.3 Å². The third kappa shape index (κ3) is 2.27. The van der Waals surface area contributed by atoms with Gasteiger partial charge in [0.05, 0.1) is 5.56 Å². The van der Waals surface area contributed by atoms with Crippen LogP contribution in [0.15, 0.2) is 18.3 Å². The van der Waals surface area contributed by atoms with Gasteiger partial charge < -0.3 is 0 Å². The second-order valence-corrected chi connectivity index (χ2v) is 2.73. The number of hydrogen-bond acceptors (Lipinski definition) is 1. The molecule has 0 saturated carbocycles. The Bertz CT molecular complexity index is 242. The van der Waals surface area contributed by atoms with Crippen LogP contribution in [0.4, 0.5) is 8.78 Å². The van der Waals surface area contributed by atoms with E-state index in [1.165, 1.54) is 6.07 Å². The molecule has 1 aromatic rings. The highest BCUT2D eigenvalue weighted by atomic mass is 35.5. The Morgan fingerprint density at radius 2 is 2.00 bits per heavy atom. The average Bonchev–Trinajstić information content (AvgIpc) is 1.86. The number of nitrogens with zero attached hydrogens (tertiary/aromatic N) is 1. The van der Waals surface area contributed by atoms with Crippen LogP contribution in [-0.2, 0) is 5.38 Å². The summed E-state index contributed by atoms with van der Waals surface area (Å²) < 4.78 is 24.5. The van der Waals surface area contributed by atoms with Gasteiger partial charge in [-0.25, -0.2) is 4.98 Å². The van der Waals surface area contributed by atoms with Gasteiger partial charge >= 0.3 is 5.38 Å². The minimum absolute atomic E-state index is 0.162. The summed E-state index contributed by atoms with van der Waals surface area (Å²) in [6, 6.07) is 2.38. The Hall–Kier alpha value is -0.410. The van der Waals surface area contributed by atoms with E-state index in [4.69, 9.17) is 23.2 Å². The Morgan fingerprint density at radius 1 is 1.36 bits per heavy atom. The van der Waals surface area contributed by atoms with Gasteiger partial charge in [-0.05, 0) is 23.7 Å². The number of pyridine rings is 1. The number of aromatic nitrogens is 1. The Morgan fingerprint density at radius 3 is 2.36 bits per heavy atom. The van der Waals surface area contributed by atoms with E-state index in [2.05, 4.69) is 4.98 Å². The monoisotopic (exact) mass is 197 g/mol. The molecule has 0 aliphatic heterocycles. The van der Waals surface area contributed by atoms with Crippen molar-refractivity contribution in [2.24, 2.45) is 0 Å². The molecule has 0 amide bonds. The van der Waals surface area contributed by atoms with Crippen LogP contribution < -0.4 is 0 Å². The minimum Gasteiger partial charge on any atom is -0.244 e. The molecule has 60 valence electrons. The second kappa shape index (κ2) is 2.91.